The van der Waals surface area contributed by atoms with E-state index in [-0.39, 0.29) is 25.4 Å². The van der Waals surface area contributed by atoms with Crippen LogP contribution in [0.2, 0.25) is 0 Å². The van der Waals surface area contributed by atoms with Gasteiger partial charge < -0.3 is 19.7 Å². The highest BCUT2D eigenvalue weighted by molar-refractivity contribution is 6.10. The topological polar surface area (TPSA) is 119 Å². The highest BCUT2D eigenvalue weighted by atomic mass is 16.5. The van der Waals surface area contributed by atoms with Crippen molar-refractivity contribution in [3.8, 4) is 11.5 Å². The van der Waals surface area contributed by atoms with Gasteiger partial charge in [0.25, 0.3) is 0 Å². The number of nitrogens with zero attached hydrogens (tertiary/aromatic N) is 2. The molecule has 0 radical (unpaired) electrons. The molecule has 8 nitrogen and oxygen atoms in total. The number of ether oxygens (including phenoxy) is 2. The van der Waals surface area contributed by atoms with Crippen molar-refractivity contribution in [2.75, 3.05) is 14.2 Å². The van der Waals surface area contributed by atoms with Crippen LogP contribution >= 0.6 is 0 Å². The molecule has 2 aromatic heterocycles. The number of rotatable bonds is 10. The molecule has 2 rings (SSSR count). The Labute approximate surface area is 168 Å². The standard InChI is InChI=1S/C21H22N2O6/c1-28-20-8-17(23-11-21(20)29-2)4-6-19(27)9-18(26)5-3-16-7-14(12-24)15(13-25)10-22-16/h3-8,10-11,24-25H,9,12-13H2,1-2H3/b5-3+,6-4+. The molecule has 8 heteroatoms. The summed E-state index contributed by atoms with van der Waals surface area (Å²) in [6, 6.07) is 3.19. The van der Waals surface area contributed by atoms with Crippen molar-refractivity contribution in [1.29, 1.82) is 0 Å². The van der Waals surface area contributed by atoms with Crippen LogP contribution in [0.5, 0.6) is 11.5 Å². The van der Waals surface area contributed by atoms with E-state index in [1.54, 1.807) is 12.1 Å². The Morgan fingerprint density at radius 3 is 1.97 bits per heavy atom. The molecule has 0 saturated heterocycles. The predicted molar refractivity (Wildman–Crippen MR) is 106 cm³/mol. The zero-order valence-electron chi connectivity index (χ0n) is 16.2. The van der Waals surface area contributed by atoms with Crippen LogP contribution in [-0.2, 0) is 22.8 Å². The fourth-order valence-electron chi connectivity index (χ4n) is 2.41. The molecule has 2 heterocycles. The van der Waals surface area contributed by atoms with E-state index in [9.17, 15) is 14.7 Å². The number of methoxy groups -OCH3 is 2. The minimum absolute atomic E-state index is 0.235. The van der Waals surface area contributed by atoms with Crippen molar-refractivity contribution in [1.82, 2.24) is 9.97 Å². The van der Waals surface area contributed by atoms with Gasteiger partial charge in [-0.3, -0.25) is 19.6 Å². The molecule has 0 atom stereocenters. The van der Waals surface area contributed by atoms with Gasteiger partial charge in [-0.1, -0.05) is 0 Å². The van der Waals surface area contributed by atoms with Crippen molar-refractivity contribution in [3.63, 3.8) is 0 Å². The number of hydrogen-bond acceptors (Lipinski definition) is 8. The first-order valence-electron chi connectivity index (χ1n) is 8.70. The van der Waals surface area contributed by atoms with Crippen molar-refractivity contribution in [2.24, 2.45) is 0 Å². The summed E-state index contributed by atoms with van der Waals surface area (Å²) in [5.74, 6) is 0.186. The van der Waals surface area contributed by atoms with Crippen LogP contribution in [0.3, 0.4) is 0 Å². The first-order chi connectivity index (χ1) is 14.0. The zero-order valence-corrected chi connectivity index (χ0v) is 16.2. The first-order valence-corrected chi connectivity index (χ1v) is 8.70. The summed E-state index contributed by atoms with van der Waals surface area (Å²) in [6.45, 7) is -0.484. The van der Waals surface area contributed by atoms with Crippen LogP contribution in [0.1, 0.15) is 28.9 Å². The molecule has 0 spiro atoms. The van der Waals surface area contributed by atoms with E-state index in [0.717, 1.165) is 0 Å². The summed E-state index contributed by atoms with van der Waals surface area (Å²) in [5, 5.41) is 18.4. The molecule has 0 saturated carbocycles. The van der Waals surface area contributed by atoms with Crippen LogP contribution in [0.4, 0.5) is 0 Å². The molecule has 29 heavy (non-hydrogen) atoms. The van der Waals surface area contributed by atoms with Crippen molar-refractivity contribution < 1.29 is 29.3 Å². The van der Waals surface area contributed by atoms with Gasteiger partial charge in [-0.25, -0.2) is 0 Å². The largest absolute Gasteiger partial charge is 0.493 e. The first kappa shape index (κ1) is 21.9. The number of carbonyl (C=O) groups excluding carboxylic acids is 2. The third-order valence-corrected chi connectivity index (χ3v) is 3.97. The van der Waals surface area contributed by atoms with Gasteiger partial charge in [0.1, 0.15) is 0 Å². The number of hydrogen-bond donors (Lipinski definition) is 2. The van der Waals surface area contributed by atoms with Gasteiger partial charge >= 0.3 is 0 Å². The molecular formula is C21H22N2O6. The zero-order chi connectivity index (χ0) is 21.2. The summed E-state index contributed by atoms with van der Waals surface area (Å²) < 4.78 is 10.3. The quantitative estimate of drug-likeness (QED) is 0.459. The molecule has 0 fully saturated rings. The van der Waals surface area contributed by atoms with Gasteiger partial charge in [0, 0.05) is 17.8 Å². The molecule has 0 bridgehead atoms. The van der Waals surface area contributed by atoms with Crippen LogP contribution in [0.15, 0.2) is 36.7 Å². The van der Waals surface area contributed by atoms with Gasteiger partial charge in [-0.15, -0.1) is 0 Å². The van der Waals surface area contributed by atoms with E-state index in [0.29, 0.717) is 34.0 Å². The van der Waals surface area contributed by atoms with E-state index in [1.807, 2.05) is 0 Å². The van der Waals surface area contributed by atoms with E-state index >= 15 is 0 Å². The Morgan fingerprint density at radius 2 is 1.41 bits per heavy atom. The van der Waals surface area contributed by atoms with Crippen molar-refractivity contribution in [2.45, 2.75) is 19.6 Å². The van der Waals surface area contributed by atoms with Crippen LogP contribution in [-0.4, -0.2) is 46.0 Å². The average molecular weight is 398 g/mol. The number of aliphatic hydroxyl groups excluding tert-OH is 2. The van der Waals surface area contributed by atoms with Gasteiger partial charge in [-0.2, -0.15) is 0 Å². The van der Waals surface area contributed by atoms with E-state index < -0.39 is 5.78 Å². The lowest BCUT2D eigenvalue weighted by Gasteiger charge is -2.06. The maximum absolute atomic E-state index is 12.0. The minimum atomic E-state index is -0.390. The molecule has 2 aromatic rings. The van der Waals surface area contributed by atoms with E-state index in [4.69, 9.17) is 14.6 Å². The summed E-state index contributed by atoms with van der Waals surface area (Å²) in [7, 11) is 3.00. The molecule has 2 N–H and O–H groups in total. The second-order valence-electron chi connectivity index (χ2n) is 5.93. The van der Waals surface area contributed by atoms with Gasteiger partial charge in [0.15, 0.2) is 23.1 Å². The highest BCUT2D eigenvalue weighted by Gasteiger charge is 2.07. The summed E-state index contributed by atoms with van der Waals surface area (Å²) >= 11 is 0. The number of ketones is 2. The molecular weight excluding hydrogens is 376 g/mol. The number of pyridine rings is 2. The lowest BCUT2D eigenvalue weighted by atomic mass is 10.1. The minimum Gasteiger partial charge on any atom is -0.493 e. The fourth-order valence-corrected chi connectivity index (χ4v) is 2.41. The predicted octanol–water partition coefficient (Wildman–Crippen LogP) is 1.73. The normalized spacial score (nSPS) is 11.2. The number of carbonyl (C=O) groups is 2. The maximum Gasteiger partial charge on any atom is 0.179 e. The monoisotopic (exact) mass is 398 g/mol. The van der Waals surface area contributed by atoms with Crippen LogP contribution in [0, 0.1) is 0 Å². The third-order valence-electron chi connectivity index (χ3n) is 3.97. The van der Waals surface area contributed by atoms with E-state index in [2.05, 4.69) is 9.97 Å². The number of aliphatic hydroxyl groups is 2. The molecule has 0 aliphatic carbocycles. The number of allylic oxidation sites excluding steroid dienone is 2. The summed E-state index contributed by atoms with van der Waals surface area (Å²) in [4.78, 5) is 32.2. The van der Waals surface area contributed by atoms with Crippen molar-refractivity contribution in [3.05, 3.63) is 59.2 Å². The summed E-state index contributed by atoms with van der Waals surface area (Å²) in [6.07, 6.45) is 8.08. The third kappa shape index (κ3) is 6.34. The van der Waals surface area contributed by atoms with Gasteiger partial charge in [0.05, 0.1) is 51.4 Å². The molecule has 152 valence electrons. The van der Waals surface area contributed by atoms with Gasteiger partial charge in [0.2, 0.25) is 0 Å². The fraction of sp³-hybridized carbons (Fsp3) is 0.238. The lowest BCUT2D eigenvalue weighted by molar-refractivity contribution is -0.121. The Morgan fingerprint density at radius 1 is 0.862 bits per heavy atom. The van der Waals surface area contributed by atoms with Crippen LogP contribution in [0.25, 0.3) is 12.2 Å². The average Bonchev–Trinajstić information content (AvgIpc) is 2.75. The highest BCUT2D eigenvalue weighted by Crippen LogP contribution is 2.26. The Balaban J connectivity index is 1.97. The van der Waals surface area contributed by atoms with Gasteiger partial charge in [-0.05, 0) is 35.9 Å². The number of aromatic nitrogens is 2. The SMILES string of the molecule is COc1cnc(/C=C/C(=O)CC(=O)/C=C/c2cc(CO)c(CO)cn2)cc1OC. The second-order valence-corrected chi connectivity index (χ2v) is 5.93. The van der Waals surface area contributed by atoms with Crippen LogP contribution < -0.4 is 9.47 Å². The second kappa shape index (κ2) is 10.8. The molecule has 0 amide bonds. The van der Waals surface area contributed by atoms with Crippen molar-refractivity contribution >= 4 is 23.7 Å². The maximum atomic E-state index is 12.0. The molecule has 0 aromatic carbocycles. The molecule has 0 aliphatic heterocycles. The van der Waals surface area contributed by atoms with E-state index in [1.165, 1.54) is 50.9 Å². The molecule has 0 aliphatic rings. The smallest absolute Gasteiger partial charge is 0.179 e. The summed E-state index contributed by atoms with van der Waals surface area (Å²) in [5.41, 5.74) is 1.97. The Hall–Kier alpha value is -3.36. The Kier molecular flexibility index (Phi) is 8.20. The Bertz CT molecular complexity index is 861. The lowest BCUT2D eigenvalue weighted by Crippen LogP contribution is -2.02. The molecule has 0 unspecified atom stereocenters.